The Balaban J connectivity index is 1.61. The summed E-state index contributed by atoms with van der Waals surface area (Å²) in [6.45, 7) is 2.04. The van der Waals surface area contributed by atoms with Crippen LogP contribution in [0.4, 0.5) is 0 Å². The van der Waals surface area contributed by atoms with E-state index in [0.717, 1.165) is 29.1 Å². The van der Waals surface area contributed by atoms with Crippen molar-refractivity contribution in [2.24, 2.45) is 7.05 Å². The third-order valence-electron chi connectivity index (χ3n) is 4.53. The van der Waals surface area contributed by atoms with E-state index >= 15 is 0 Å². The van der Waals surface area contributed by atoms with E-state index in [9.17, 15) is 4.79 Å². The molecule has 152 valence electrons. The summed E-state index contributed by atoms with van der Waals surface area (Å²) in [6, 6.07) is 15.1. The van der Waals surface area contributed by atoms with Gasteiger partial charge in [-0.1, -0.05) is 42.4 Å². The lowest BCUT2D eigenvalue weighted by molar-refractivity contribution is -0.119. The second kappa shape index (κ2) is 9.80. The fourth-order valence-electron chi connectivity index (χ4n) is 2.91. The van der Waals surface area contributed by atoms with E-state index in [1.54, 1.807) is 7.11 Å². The summed E-state index contributed by atoms with van der Waals surface area (Å²) in [6.07, 6.45) is 0.795. The van der Waals surface area contributed by atoms with Crippen molar-refractivity contribution in [3.05, 3.63) is 59.1 Å². The first-order valence-electron chi connectivity index (χ1n) is 9.23. The lowest BCUT2D eigenvalue weighted by Crippen LogP contribution is -2.29. The molecule has 2 aromatic carbocycles. The number of methoxy groups -OCH3 is 1. The SMILES string of the molecule is CCC(NC(=O)CSc1nnc(-c2ccc(OC)cc2)n1C)c1ccc(Cl)cc1. The standard InChI is InChI=1S/C21H23ClN4O2S/c1-4-18(14-5-9-16(22)10-6-14)23-19(27)13-29-21-25-24-20(26(21)2)15-7-11-17(28-3)12-8-15/h5-12,18H,4,13H2,1-3H3,(H,23,27). The first-order chi connectivity index (χ1) is 14.0. The van der Waals surface area contributed by atoms with Gasteiger partial charge in [0.15, 0.2) is 11.0 Å². The molecule has 1 aromatic heterocycles. The molecule has 1 unspecified atom stereocenters. The van der Waals surface area contributed by atoms with Gasteiger partial charge in [0.1, 0.15) is 5.75 Å². The highest BCUT2D eigenvalue weighted by molar-refractivity contribution is 7.99. The number of nitrogens with zero attached hydrogens (tertiary/aromatic N) is 3. The second-order valence-corrected chi connectivity index (χ2v) is 7.84. The fraction of sp³-hybridized carbons (Fsp3) is 0.286. The van der Waals surface area contributed by atoms with Crippen LogP contribution in [0.15, 0.2) is 53.7 Å². The maximum atomic E-state index is 12.5. The molecule has 8 heteroatoms. The molecule has 0 radical (unpaired) electrons. The van der Waals surface area contributed by atoms with Gasteiger partial charge in [-0.15, -0.1) is 10.2 Å². The molecule has 0 aliphatic heterocycles. The number of amides is 1. The number of ether oxygens (including phenoxy) is 1. The van der Waals surface area contributed by atoms with Crippen molar-refractivity contribution < 1.29 is 9.53 Å². The van der Waals surface area contributed by atoms with Gasteiger partial charge in [-0.05, 0) is 48.4 Å². The zero-order chi connectivity index (χ0) is 20.8. The van der Waals surface area contributed by atoms with Gasteiger partial charge < -0.3 is 14.6 Å². The summed E-state index contributed by atoms with van der Waals surface area (Å²) in [7, 11) is 3.52. The maximum Gasteiger partial charge on any atom is 0.230 e. The van der Waals surface area contributed by atoms with E-state index in [1.807, 2.05) is 67.1 Å². The Morgan fingerprint density at radius 3 is 2.48 bits per heavy atom. The number of thioether (sulfide) groups is 1. The van der Waals surface area contributed by atoms with Crippen molar-refractivity contribution in [3.63, 3.8) is 0 Å². The Labute approximate surface area is 179 Å². The van der Waals surface area contributed by atoms with Crippen LogP contribution in [0.2, 0.25) is 5.02 Å². The van der Waals surface area contributed by atoms with Gasteiger partial charge in [-0.3, -0.25) is 4.79 Å². The average Bonchev–Trinajstić information content (AvgIpc) is 3.11. The molecule has 1 atom stereocenters. The minimum atomic E-state index is -0.0502. The summed E-state index contributed by atoms with van der Waals surface area (Å²) >= 11 is 7.31. The van der Waals surface area contributed by atoms with Crippen molar-refractivity contribution in [1.82, 2.24) is 20.1 Å². The minimum absolute atomic E-state index is 0.0466. The molecule has 3 aromatic rings. The maximum absolute atomic E-state index is 12.5. The largest absolute Gasteiger partial charge is 0.497 e. The zero-order valence-electron chi connectivity index (χ0n) is 16.6. The van der Waals surface area contributed by atoms with Crippen LogP contribution in [0.5, 0.6) is 5.75 Å². The number of carbonyl (C=O) groups excluding carboxylic acids is 1. The third kappa shape index (κ3) is 5.31. The summed E-state index contributed by atoms with van der Waals surface area (Å²) in [5, 5.41) is 12.9. The van der Waals surface area contributed by atoms with Gasteiger partial charge in [-0.2, -0.15) is 0 Å². The fourth-order valence-corrected chi connectivity index (χ4v) is 3.76. The second-order valence-electron chi connectivity index (χ2n) is 6.46. The molecule has 0 saturated heterocycles. The molecule has 0 bridgehead atoms. The van der Waals surface area contributed by atoms with Crippen molar-refractivity contribution in [1.29, 1.82) is 0 Å². The van der Waals surface area contributed by atoms with E-state index in [2.05, 4.69) is 15.5 Å². The molecule has 0 spiro atoms. The summed E-state index contributed by atoms with van der Waals surface area (Å²) in [5.41, 5.74) is 1.97. The average molecular weight is 431 g/mol. The Kier molecular flexibility index (Phi) is 7.17. The number of aromatic nitrogens is 3. The van der Waals surface area contributed by atoms with Crippen LogP contribution in [-0.2, 0) is 11.8 Å². The number of halogens is 1. The molecule has 0 aliphatic rings. The quantitative estimate of drug-likeness (QED) is 0.532. The molecule has 1 N–H and O–H groups in total. The number of rotatable bonds is 8. The van der Waals surface area contributed by atoms with Crippen LogP contribution in [0.3, 0.4) is 0 Å². The summed E-state index contributed by atoms with van der Waals surface area (Å²) in [5.74, 6) is 1.74. The van der Waals surface area contributed by atoms with Gasteiger partial charge in [0, 0.05) is 17.6 Å². The zero-order valence-corrected chi connectivity index (χ0v) is 18.1. The van der Waals surface area contributed by atoms with Gasteiger partial charge >= 0.3 is 0 Å². The molecule has 0 aliphatic carbocycles. The summed E-state index contributed by atoms with van der Waals surface area (Å²) < 4.78 is 7.07. The number of hydrogen-bond donors (Lipinski definition) is 1. The normalized spacial score (nSPS) is 11.9. The molecular weight excluding hydrogens is 408 g/mol. The van der Waals surface area contributed by atoms with Gasteiger partial charge in [0.2, 0.25) is 5.91 Å². The molecule has 0 saturated carbocycles. The van der Waals surface area contributed by atoms with Crippen LogP contribution < -0.4 is 10.1 Å². The molecule has 6 nitrogen and oxygen atoms in total. The van der Waals surface area contributed by atoms with Gasteiger partial charge in [-0.25, -0.2) is 0 Å². The van der Waals surface area contributed by atoms with Crippen molar-refractivity contribution in [2.45, 2.75) is 24.5 Å². The topological polar surface area (TPSA) is 69.0 Å². The smallest absolute Gasteiger partial charge is 0.230 e. The first kappa shape index (κ1) is 21.2. The molecular formula is C21H23ClN4O2S. The molecule has 1 amide bonds. The van der Waals surface area contributed by atoms with E-state index in [1.165, 1.54) is 11.8 Å². The highest BCUT2D eigenvalue weighted by Crippen LogP contribution is 2.25. The van der Waals surface area contributed by atoms with Gasteiger partial charge in [0.05, 0.1) is 18.9 Å². The van der Waals surface area contributed by atoms with Crippen LogP contribution in [0, 0.1) is 0 Å². The highest BCUT2D eigenvalue weighted by atomic mass is 35.5. The first-order valence-corrected chi connectivity index (χ1v) is 10.6. The number of carbonyl (C=O) groups is 1. The predicted octanol–water partition coefficient (Wildman–Crippen LogP) is 4.50. The number of hydrogen-bond acceptors (Lipinski definition) is 5. The molecule has 1 heterocycles. The van der Waals surface area contributed by atoms with E-state index in [-0.39, 0.29) is 17.7 Å². The van der Waals surface area contributed by atoms with Gasteiger partial charge in [0.25, 0.3) is 0 Å². The third-order valence-corrected chi connectivity index (χ3v) is 5.80. The molecule has 0 fully saturated rings. The Morgan fingerprint density at radius 2 is 1.86 bits per heavy atom. The van der Waals surface area contributed by atoms with Crippen molar-refractivity contribution >= 4 is 29.3 Å². The summed E-state index contributed by atoms with van der Waals surface area (Å²) in [4.78, 5) is 12.5. The van der Waals surface area contributed by atoms with E-state index in [4.69, 9.17) is 16.3 Å². The lowest BCUT2D eigenvalue weighted by Gasteiger charge is -2.17. The number of nitrogens with one attached hydrogen (secondary N) is 1. The van der Waals surface area contributed by atoms with E-state index < -0.39 is 0 Å². The Morgan fingerprint density at radius 1 is 1.17 bits per heavy atom. The van der Waals surface area contributed by atoms with Crippen LogP contribution in [0.1, 0.15) is 24.9 Å². The monoisotopic (exact) mass is 430 g/mol. The van der Waals surface area contributed by atoms with E-state index in [0.29, 0.717) is 10.2 Å². The predicted molar refractivity (Wildman–Crippen MR) is 116 cm³/mol. The Bertz CT molecular complexity index is 958. The lowest BCUT2D eigenvalue weighted by atomic mass is 10.0. The van der Waals surface area contributed by atoms with Crippen LogP contribution in [0.25, 0.3) is 11.4 Å². The number of benzene rings is 2. The Hall–Kier alpha value is -2.51. The minimum Gasteiger partial charge on any atom is -0.497 e. The van der Waals surface area contributed by atoms with Crippen LogP contribution >= 0.6 is 23.4 Å². The molecule has 3 rings (SSSR count). The van der Waals surface area contributed by atoms with Crippen molar-refractivity contribution in [3.8, 4) is 17.1 Å². The highest BCUT2D eigenvalue weighted by Gasteiger charge is 2.16. The van der Waals surface area contributed by atoms with Crippen LogP contribution in [-0.4, -0.2) is 33.5 Å². The molecule has 29 heavy (non-hydrogen) atoms. The van der Waals surface area contributed by atoms with Crippen molar-refractivity contribution in [2.75, 3.05) is 12.9 Å².